The van der Waals surface area contributed by atoms with Gasteiger partial charge in [0, 0.05) is 6.07 Å². The van der Waals surface area contributed by atoms with Gasteiger partial charge in [0.15, 0.2) is 0 Å². The fourth-order valence-corrected chi connectivity index (χ4v) is 1.03. The van der Waals surface area contributed by atoms with Gasteiger partial charge >= 0.3 is 6.18 Å². The van der Waals surface area contributed by atoms with Crippen molar-refractivity contribution in [3.05, 3.63) is 39.4 Å². The van der Waals surface area contributed by atoms with E-state index in [2.05, 4.69) is 0 Å². The number of carboxylic acid groups (broad SMARTS) is 1. The maximum atomic E-state index is 12.2. The van der Waals surface area contributed by atoms with Crippen molar-refractivity contribution < 1.29 is 28.0 Å². The van der Waals surface area contributed by atoms with Crippen molar-refractivity contribution >= 4 is 11.7 Å². The molecule has 8 heteroatoms. The van der Waals surface area contributed by atoms with E-state index >= 15 is 0 Å². The number of hydrogen-bond acceptors (Lipinski definition) is 4. The van der Waals surface area contributed by atoms with Gasteiger partial charge in [-0.1, -0.05) is 0 Å². The average Bonchev–Trinajstić information content (AvgIpc) is 2.15. The van der Waals surface area contributed by atoms with Crippen molar-refractivity contribution in [3.8, 4) is 0 Å². The molecule has 0 bridgehead atoms. The fourth-order valence-electron chi connectivity index (χ4n) is 1.03. The first-order valence-electron chi connectivity index (χ1n) is 3.80. The normalized spacial score (nSPS) is 11.2. The van der Waals surface area contributed by atoms with Crippen LogP contribution >= 0.6 is 0 Å². The molecule has 0 aliphatic rings. The fraction of sp³-hybridized carbons (Fsp3) is 0.125. The van der Waals surface area contributed by atoms with E-state index in [1.54, 1.807) is 0 Å². The largest absolute Gasteiger partial charge is 0.545 e. The smallest absolute Gasteiger partial charge is 0.416 e. The number of halogens is 3. The minimum absolute atomic E-state index is 0.158. The van der Waals surface area contributed by atoms with Crippen molar-refractivity contribution in [2.75, 3.05) is 0 Å². The molecule has 0 fully saturated rings. The zero-order valence-corrected chi connectivity index (χ0v) is 7.45. The minimum Gasteiger partial charge on any atom is -0.545 e. The summed E-state index contributed by atoms with van der Waals surface area (Å²) in [5.74, 6) is -1.90. The molecule has 0 saturated carbocycles. The molecule has 0 aliphatic carbocycles. The lowest BCUT2D eigenvalue weighted by atomic mass is 10.1. The second kappa shape index (κ2) is 3.80. The van der Waals surface area contributed by atoms with Crippen molar-refractivity contribution in [1.82, 2.24) is 0 Å². The van der Waals surface area contributed by atoms with Gasteiger partial charge in [0.2, 0.25) is 0 Å². The van der Waals surface area contributed by atoms with Gasteiger partial charge in [0.25, 0.3) is 5.69 Å². The Labute approximate surface area is 86.3 Å². The highest BCUT2D eigenvalue weighted by Crippen LogP contribution is 2.32. The number of nitro groups is 1. The van der Waals surface area contributed by atoms with Crippen LogP contribution in [0, 0.1) is 10.1 Å². The minimum atomic E-state index is -4.77. The van der Waals surface area contributed by atoms with Gasteiger partial charge in [-0.2, -0.15) is 13.2 Å². The summed E-state index contributed by atoms with van der Waals surface area (Å²) in [6, 6.07) is 1.10. The number of carbonyl (C=O) groups is 1. The Hall–Kier alpha value is -2.12. The molecule has 1 rings (SSSR count). The van der Waals surface area contributed by atoms with Crippen molar-refractivity contribution in [2.45, 2.75) is 6.18 Å². The Bertz CT molecular complexity index is 455. The molecule has 0 unspecified atom stereocenters. The van der Waals surface area contributed by atoms with Crippen LogP contribution in [0.4, 0.5) is 18.9 Å². The molecule has 0 saturated heterocycles. The van der Waals surface area contributed by atoms with Gasteiger partial charge in [-0.05, 0) is 12.1 Å². The SMILES string of the molecule is O=C([O-])c1ccc(C(F)(F)F)cc1[N+](=O)[O-]. The molecular formula is C8H3F3NO4-. The average molecular weight is 234 g/mol. The van der Waals surface area contributed by atoms with Gasteiger partial charge in [-0.15, -0.1) is 0 Å². The number of nitrogens with zero attached hydrogens (tertiary/aromatic N) is 1. The Morgan fingerprint density at radius 2 is 1.88 bits per heavy atom. The lowest BCUT2D eigenvalue weighted by Crippen LogP contribution is -2.23. The van der Waals surface area contributed by atoms with Crippen LogP contribution in [-0.2, 0) is 6.18 Å². The van der Waals surface area contributed by atoms with E-state index in [9.17, 15) is 33.2 Å². The summed E-state index contributed by atoms with van der Waals surface area (Å²) in [6.07, 6.45) is -4.77. The van der Waals surface area contributed by atoms with Gasteiger partial charge in [-0.3, -0.25) is 10.1 Å². The molecule has 16 heavy (non-hydrogen) atoms. The van der Waals surface area contributed by atoms with Crippen LogP contribution in [0.3, 0.4) is 0 Å². The predicted octanol–water partition coefficient (Wildman–Crippen LogP) is 0.977. The van der Waals surface area contributed by atoms with Crippen LogP contribution in [0.2, 0.25) is 0 Å². The summed E-state index contributed by atoms with van der Waals surface area (Å²) in [6.45, 7) is 0. The first-order chi connectivity index (χ1) is 7.23. The number of carboxylic acids is 1. The highest BCUT2D eigenvalue weighted by Gasteiger charge is 2.33. The monoisotopic (exact) mass is 234 g/mol. The summed E-state index contributed by atoms with van der Waals surface area (Å²) in [4.78, 5) is 19.5. The van der Waals surface area contributed by atoms with Gasteiger partial charge < -0.3 is 9.90 Å². The molecule has 0 aliphatic heterocycles. The first kappa shape index (κ1) is 12.0. The predicted molar refractivity (Wildman–Crippen MR) is 42.4 cm³/mol. The maximum absolute atomic E-state index is 12.2. The van der Waals surface area contributed by atoms with E-state index in [4.69, 9.17) is 0 Å². The Morgan fingerprint density at radius 1 is 1.31 bits per heavy atom. The van der Waals surface area contributed by atoms with Crippen molar-refractivity contribution in [1.29, 1.82) is 0 Å². The van der Waals surface area contributed by atoms with Crippen molar-refractivity contribution in [2.24, 2.45) is 0 Å². The lowest BCUT2D eigenvalue weighted by Gasteiger charge is -2.08. The van der Waals surface area contributed by atoms with Crippen LogP contribution in [-0.4, -0.2) is 10.9 Å². The zero-order chi connectivity index (χ0) is 12.5. The van der Waals surface area contributed by atoms with Crippen LogP contribution in [0.5, 0.6) is 0 Å². The molecule has 0 spiro atoms. The van der Waals surface area contributed by atoms with Gasteiger partial charge in [0.05, 0.1) is 22.0 Å². The molecule has 86 valence electrons. The number of alkyl halides is 3. The quantitative estimate of drug-likeness (QED) is 0.563. The first-order valence-corrected chi connectivity index (χ1v) is 3.80. The van der Waals surface area contributed by atoms with Crippen LogP contribution < -0.4 is 5.11 Å². The summed E-state index contributed by atoms with van der Waals surface area (Å²) in [5.41, 5.74) is -3.32. The standard InChI is InChI=1S/C8H4F3NO4/c9-8(10,11)4-1-2-5(7(13)14)6(3-4)12(15)16/h1-3H,(H,13,14)/p-1. The molecule has 0 heterocycles. The summed E-state index contributed by atoms with van der Waals surface area (Å²) in [7, 11) is 0. The van der Waals surface area contributed by atoms with E-state index in [1.165, 1.54) is 0 Å². The van der Waals surface area contributed by atoms with E-state index in [1.807, 2.05) is 0 Å². The third-order valence-electron chi connectivity index (χ3n) is 1.74. The second-order valence-corrected chi connectivity index (χ2v) is 2.77. The summed E-state index contributed by atoms with van der Waals surface area (Å²) in [5, 5.41) is 20.7. The number of nitro benzene ring substituents is 1. The van der Waals surface area contributed by atoms with E-state index in [-0.39, 0.29) is 6.07 Å². The van der Waals surface area contributed by atoms with Crippen LogP contribution in [0.25, 0.3) is 0 Å². The molecule has 1 aromatic carbocycles. The summed E-state index contributed by atoms with van der Waals surface area (Å²) >= 11 is 0. The van der Waals surface area contributed by atoms with Crippen LogP contribution in [0.15, 0.2) is 18.2 Å². The number of hydrogen-bond donors (Lipinski definition) is 0. The molecule has 0 N–H and O–H groups in total. The van der Waals surface area contributed by atoms with E-state index in [0.29, 0.717) is 12.1 Å². The third-order valence-corrected chi connectivity index (χ3v) is 1.74. The van der Waals surface area contributed by atoms with Crippen LogP contribution in [0.1, 0.15) is 15.9 Å². The Balaban J connectivity index is 3.40. The molecule has 0 amide bonds. The number of benzene rings is 1. The van der Waals surface area contributed by atoms with E-state index in [0.717, 1.165) is 0 Å². The highest BCUT2D eigenvalue weighted by atomic mass is 19.4. The van der Waals surface area contributed by atoms with Gasteiger partial charge in [-0.25, -0.2) is 0 Å². The highest BCUT2D eigenvalue weighted by molar-refractivity contribution is 5.90. The number of carbonyl (C=O) groups excluding carboxylic acids is 1. The molecule has 0 aromatic heterocycles. The van der Waals surface area contributed by atoms with E-state index < -0.39 is 33.9 Å². The molecule has 0 atom stereocenters. The topological polar surface area (TPSA) is 83.3 Å². The molecular weight excluding hydrogens is 231 g/mol. The van der Waals surface area contributed by atoms with Crippen molar-refractivity contribution in [3.63, 3.8) is 0 Å². The Morgan fingerprint density at radius 3 is 2.25 bits per heavy atom. The molecule has 1 aromatic rings. The number of aromatic carboxylic acids is 1. The Kier molecular flexibility index (Phi) is 2.84. The second-order valence-electron chi connectivity index (χ2n) is 2.77. The third kappa shape index (κ3) is 2.27. The molecule has 5 nitrogen and oxygen atoms in total. The molecule has 0 radical (unpaired) electrons. The lowest BCUT2D eigenvalue weighted by molar-refractivity contribution is -0.386. The summed E-state index contributed by atoms with van der Waals surface area (Å²) < 4.78 is 36.5. The maximum Gasteiger partial charge on any atom is 0.416 e. The van der Waals surface area contributed by atoms with Gasteiger partial charge in [0.1, 0.15) is 0 Å². The number of rotatable bonds is 2. The zero-order valence-electron chi connectivity index (χ0n) is 7.45.